The largest absolute Gasteiger partial charge is 0.400 e. The van der Waals surface area contributed by atoms with Gasteiger partial charge >= 0.3 is 0 Å². The number of hydrogen-bond acceptors (Lipinski definition) is 3. The van der Waals surface area contributed by atoms with E-state index in [1.807, 2.05) is 17.5 Å². The molecule has 0 atom stereocenters. The van der Waals surface area contributed by atoms with E-state index < -0.39 is 0 Å². The first-order valence-corrected chi connectivity index (χ1v) is 7.05. The van der Waals surface area contributed by atoms with Crippen molar-refractivity contribution in [3.63, 3.8) is 0 Å². The van der Waals surface area contributed by atoms with Gasteiger partial charge in [0.25, 0.3) is 0 Å². The molecule has 17 heavy (non-hydrogen) atoms. The average Bonchev–Trinajstić information content (AvgIpc) is 3.01. The van der Waals surface area contributed by atoms with Gasteiger partial charge in [-0.05, 0) is 30.7 Å². The zero-order chi connectivity index (χ0) is 12.3. The molecule has 0 amide bonds. The molecule has 0 aliphatic heterocycles. The summed E-state index contributed by atoms with van der Waals surface area (Å²) < 4.78 is 0. The minimum absolute atomic E-state index is 0.0784. The Bertz CT molecular complexity index is 445. The molecule has 2 nitrogen and oxygen atoms in total. The average molecular weight is 246 g/mol. The second-order valence-corrected chi connectivity index (χ2v) is 5.67. The third-order valence-electron chi connectivity index (χ3n) is 3.96. The van der Waals surface area contributed by atoms with Gasteiger partial charge in [-0.1, -0.05) is 25.8 Å². The fourth-order valence-electron chi connectivity index (χ4n) is 2.80. The van der Waals surface area contributed by atoms with Crippen molar-refractivity contribution in [2.75, 3.05) is 0 Å². The van der Waals surface area contributed by atoms with E-state index in [2.05, 4.69) is 13.0 Å². The maximum Gasteiger partial charge on any atom is 0.102 e. The van der Waals surface area contributed by atoms with Gasteiger partial charge in [0.15, 0.2) is 0 Å². The first kappa shape index (κ1) is 12.2. The van der Waals surface area contributed by atoms with Crippen LogP contribution in [-0.2, 0) is 0 Å². The van der Waals surface area contributed by atoms with Crippen molar-refractivity contribution >= 4 is 16.9 Å². The third-order valence-corrected chi connectivity index (χ3v) is 4.84. The highest BCUT2D eigenvalue weighted by molar-refractivity contribution is 7.11. The smallest absolute Gasteiger partial charge is 0.102 e. The van der Waals surface area contributed by atoms with Crippen molar-refractivity contribution in [3.8, 4) is 6.07 Å². The van der Waals surface area contributed by atoms with Gasteiger partial charge in [-0.2, -0.15) is 5.26 Å². The number of nitrogens with two attached hydrogens (primary N) is 1. The van der Waals surface area contributed by atoms with Crippen LogP contribution in [0, 0.1) is 16.7 Å². The van der Waals surface area contributed by atoms with E-state index in [1.165, 1.54) is 12.8 Å². The molecule has 0 unspecified atom stereocenters. The number of allylic oxidation sites excluding steroid dienone is 2. The van der Waals surface area contributed by atoms with Crippen molar-refractivity contribution in [2.45, 2.75) is 39.0 Å². The zero-order valence-electron chi connectivity index (χ0n) is 10.2. The normalized spacial score (nSPS) is 19.8. The van der Waals surface area contributed by atoms with Crippen molar-refractivity contribution in [1.82, 2.24) is 0 Å². The van der Waals surface area contributed by atoms with Gasteiger partial charge in [0.05, 0.1) is 5.57 Å². The van der Waals surface area contributed by atoms with Crippen LogP contribution in [0.2, 0.25) is 0 Å². The van der Waals surface area contributed by atoms with E-state index in [1.54, 1.807) is 11.3 Å². The minimum Gasteiger partial charge on any atom is -0.400 e. The van der Waals surface area contributed by atoms with Crippen molar-refractivity contribution in [1.29, 1.82) is 5.26 Å². The van der Waals surface area contributed by atoms with Crippen LogP contribution in [0.15, 0.2) is 23.2 Å². The van der Waals surface area contributed by atoms with Crippen LogP contribution >= 0.6 is 11.3 Å². The molecule has 0 radical (unpaired) electrons. The molecule has 0 saturated heterocycles. The van der Waals surface area contributed by atoms with Gasteiger partial charge in [0, 0.05) is 16.0 Å². The van der Waals surface area contributed by atoms with E-state index in [0.29, 0.717) is 5.57 Å². The lowest BCUT2D eigenvalue weighted by Crippen LogP contribution is -2.25. The molecule has 2 rings (SSSR count). The summed E-state index contributed by atoms with van der Waals surface area (Å²) in [6.07, 6.45) is 5.77. The lowest BCUT2D eigenvalue weighted by atomic mass is 9.78. The Morgan fingerprint density at radius 1 is 1.53 bits per heavy atom. The monoisotopic (exact) mass is 246 g/mol. The highest BCUT2D eigenvalue weighted by atomic mass is 32.1. The van der Waals surface area contributed by atoms with Crippen LogP contribution < -0.4 is 5.73 Å². The van der Waals surface area contributed by atoms with Gasteiger partial charge in [0.2, 0.25) is 0 Å². The first-order valence-electron chi connectivity index (χ1n) is 6.18. The molecular formula is C14H18N2S. The van der Waals surface area contributed by atoms with E-state index in [9.17, 15) is 5.26 Å². The molecule has 0 aromatic carbocycles. The molecule has 3 heteroatoms. The fraction of sp³-hybridized carbons (Fsp3) is 0.500. The Kier molecular flexibility index (Phi) is 3.54. The Balaban J connectivity index is 2.45. The molecule has 1 aromatic rings. The number of rotatable bonds is 3. The summed E-state index contributed by atoms with van der Waals surface area (Å²) >= 11 is 1.59. The Hall–Kier alpha value is -1.27. The van der Waals surface area contributed by atoms with E-state index >= 15 is 0 Å². The SMILES string of the molecule is CCC1(/C(N)=C(/C#N)c2cccs2)CCCC1. The summed E-state index contributed by atoms with van der Waals surface area (Å²) in [5.74, 6) is 0. The third kappa shape index (κ3) is 2.10. The molecular weight excluding hydrogens is 228 g/mol. The fourth-order valence-corrected chi connectivity index (χ4v) is 3.53. The molecule has 1 aliphatic rings. The van der Waals surface area contributed by atoms with Crippen LogP contribution in [0.4, 0.5) is 0 Å². The summed E-state index contributed by atoms with van der Waals surface area (Å²) in [5.41, 5.74) is 7.93. The van der Waals surface area contributed by atoms with Crippen LogP contribution in [0.25, 0.3) is 5.57 Å². The molecule has 1 heterocycles. The lowest BCUT2D eigenvalue weighted by molar-refractivity contribution is 0.351. The lowest BCUT2D eigenvalue weighted by Gasteiger charge is -2.29. The summed E-state index contributed by atoms with van der Waals surface area (Å²) in [5, 5.41) is 11.4. The van der Waals surface area contributed by atoms with E-state index in [4.69, 9.17) is 5.73 Å². The zero-order valence-corrected chi connectivity index (χ0v) is 11.0. The van der Waals surface area contributed by atoms with Gasteiger partial charge < -0.3 is 5.73 Å². The maximum absolute atomic E-state index is 9.36. The van der Waals surface area contributed by atoms with E-state index in [0.717, 1.165) is 29.8 Å². The number of nitrogens with zero attached hydrogens (tertiary/aromatic N) is 1. The molecule has 0 spiro atoms. The topological polar surface area (TPSA) is 49.8 Å². The maximum atomic E-state index is 9.36. The van der Waals surface area contributed by atoms with Crippen LogP contribution in [-0.4, -0.2) is 0 Å². The van der Waals surface area contributed by atoms with Crippen molar-refractivity contribution < 1.29 is 0 Å². The van der Waals surface area contributed by atoms with Gasteiger partial charge in [0.1, 0.15) is 6.07 Å². The first-order chi connectivity index (χ1) is 8.23. The highest BCUT2D eigenvalue weighted by Crippen LogP contribution is 2.47. The van der Waals surface area contributed by atoms with Gasteiger partial charge in [-0.3, -0.25) is 0 Å². The molecule has 0 bridgehead atoms. The van der Waals surface area contributed by atoms with Crippen LogP contribution in [0.3, 0.4) is 0 Å². The molecule has 1 saturated carbocycles. The Labute approximate surface area is 107 Å². The van der Waals surface area contributed by atoms with Crippen molar-refractivity contribution in [2.24, 2.45) is 11.1 Å². The molecule has 2 N–H and O–H groups in total. The van der Waals surface area contributed by atoms with Crippen LogP contribution in [0.1, 0.15) is 43.9 Å². The molecule has 90 valence electrons. The van der Waals surface area contributed by atoms with Crippen molar-refractivity contribution in [3.05, 3.63) is 28.1 Å². The number of nitriles is 1. The minimum atomic E-state index is 0.0784. The second-order valence-electron chi connectivity index (χ2n) is 4.72. The Morgan fingerprint density at radius 2 is 2.24 bits per heavy atom. The number of thiophene rings is 1. The Morgan fingerprint density at radius 3 is 2.71 bits per heavy atom. The summed E-state index contributed by atoms with van der Waals surface area (Å²) in [4.78, 5) is 1.00. The van der Waals surface area contributed by atoms with Gasteiger partial charge in [-0.15, -0.1) is 11.3 Å². The quantitative estimate of drug-likeness (QED) is 0.822. The number of hydrogen-bond donors (Lipinski definition) is 1. The second kappa shape index (κ2) is 4.93. The predicted octanol–water partition coefficient (Wildman–Crippen LogP) is 3.91. The summed E-state index contributed by atoms with van der Waals surface area (Å²) in [7, 11) is 0. The molecule has 1 fully saturated rings. The molecule has 1 aromatic heterocycles. The predicted molar refractivity (Wildman–Crippen MR) is 72.2 cm³/mol. The summed E-state index contributed by atoms with van der Waals surface area (Å²) in [6, 6.07) is 6.26. The van der Waals surface area contributed by atoms with Crippen LogP contribution in [0.5, 0.6) is 0 Å². The van der Waals surface area contributed by atoms with Gasteiger partial charge in [-0.25, -0.2) is 0 Å². The molecule has 1 aliphatic carbocycles. The standard InChI is InChI=1S/C14H18N2S/c1-2-14(7-3-4-8-14)13(16)11(10-15)12-6-5-9-17-12/h5-6,9H,2-4,7-8,16H2,1H3/b13-11+. The van der Waals surface area contributed by atoms with E-state index in [-0.39, 0.29) is 5.41 Å². The highest BCUT2D eigenvalue weighted by Gasteiger charge is 2.36. The summed E-state index contributed by atoms with van der Waals surface area (Å²) in [6.45, 7) is 2.18.